The lowest BCUT2D eigenvalue weighted by Gasteiger charge is -2.41. The average molecular weight is 377 g/mol. The van der Waals surface area contributed by atoms with E-state index in [1.807, 2.05) is 6.92 Å². The van der Waals surface area contributed by atoms with Crippen molar-refractivity contribution >= 4 is 15.9 Å². The van der Waals surface area contributed by atoms with Crippen molar-refractivity contribution in [2.24, 2.45) is 5.92 Å². The molecule has 146 valence electrons. The highest BCUT2D eigenvalue weighted by molar-refractivity contribution is 7.89. The lowest BCUT2D eigenvalue weighted by atomic mass is 9.78. The second-order valence-corrected chi connectivity index (χ2v) is 9.33. The molecule has 0 radical (unpaired) electrons. The van der Waals surface area contributed by atoms with Crippen LogP contribution in [-0.2, 0) is 24.3 Å². The van der Waals surface area contributed by atoms with Crippen LogP contribution in [0.1, 0.15) is 39.0 Å². The highest BCUT2D eigenvalue weighted by Gasteiger charge is 2.47. The minimum absolute atomic E-state index is 0.0353. The summed E-state index contributed by atoms with van der Waals surface area (Å²) in [6.07, 6.45) is 3.97. The maximum Gasteiger partial charge on any atom is 0.248 e. The Kier molecular flexibility index (Phi) is 7.25. The number of amides is 1. The monoisotopic (exact) mass is 376 g/mol. The fourth-order valence-electron chi connectivity index (χ4n) is 3.79. The van der Waals surface area contributed by atoms with Crippen LogP contribution in [0.25, 0.3) is 0 Å². The van der Waals surface area contributed by atoms with Crippen LogP contribution in [0.15, 0.2) is 0 Å². The molecule has 0 N–H and O–H groups in total. The zero-order chi connectivity index (χ0) is 18.5. The van der Waals surface area contributed by atoms with Crippen LogP contribution in [0.5, 0.6) is 0 Å². The minimum Gasteiger partial charge on any atom is -0.375 e. The summed E-state index contributed by atoms with van der Waals surface area (Å²) in [5, 5.41) is 0. The van der Waals surface area contributed by atoms with Crippen LogP contribution < -0.4 is 0 Å². The first-order valence-corrected chi connectivity index (χ1v) is 10.8. The Labute approximate surface area is 151 Å². The molecule has 2 aliphatic rings. The van der Waals surface area contributed by atoms with E-state index in [9.17, 15) is 13.2 Å². The summed E-state index contributed by atoms with van der Waals surface area (Å²) < 4.78 is 37.7. The van der Waals surface area contributed by atoms with Crippen molar-refractivity contribution in [1.29, 1.82) is 0 Å². The Bertz CT molecular complexity index is 541. The van der Waals surface area contributed by atoms with Crippen molar-refractivity contribution in [2.75, 3.05) is 52.8 Å². The fraction of sp³-hybridized carbons (Fsp3) is 0.941. The molecule has 0 saturated carbocycles. The Morgan fingerprint density at radius 3 is 2.60 bits per heavy atom. The first-order valence-electron chi connectivity index (χ1n) is 9.20. The Balaban J connectivity index is 1.82. The van der Waals surface area contributed by atoms with E-state index < -0.39 is 10.0 Å². The van der Waals surface area contributed by atoms with Gasteiger partial charge in [-0.05, 0) is 38.0 Å². The van der Waals surface area contributed by atoms with Crippen molar-refractivity contribution in [3.8, 4) is 0 Å². The van der Waals surface area contributed by atoms with Gasteiger partial charge in [0.05, 0.1) is 11.4 Å². The summed E-state index contributed by atoms with van der Waals surface area (Å²) in [7, 11) is 0.304. The molecule has 0 bridgehead atoms. The lowest BCUT2D eigenvalue weighted by Crippen LogP contribution is -2.50. The third-order valence-electron chi connectivity index (χ3n) is 5.36. The third kappa shape index (κ3) is 5.15. The highest BCUT2D eigenvalue weighted by atomic mass is 32.2. The quantitative estimate of drug-likeness (QED) is 0.593. The smallest absolute Gasteiger partial charge is 0.248 e. The molecule has 2 aliphatic heterocycles. The maximum atomic E-state index is 12.2. The molecule has 2 saturated heterocycles. The number of sulfonamides is 1. The van der Waals surface area contributed by atoms with Crippen LogP contribution in [0.2, 0.25) is 0 Å². The number of rotatable bonds is 8. The van der Waals surface area contributed by atoms with Gasteiger partial charge in [0.25, 0.3) is 0 Å². The number of carbonyl (C=O) groups excluding carboxylic acids is 1. The molecular formula is C17H32N2O5S. The first kappa shape index (κ1) is 20.6. The van der Waals surface area contributed by atoms with E-state index >= 15 is 0 Å². The van der Waals surface area contributed by atoms with Crippen molar-refractivity contribution in [3.63, 3.8) is 0 Å². The number of hydrogen-bond donors (Lipinski definition) is 0. The van der Waals surface area contributed by atoms with Gasteiger partial charge in [-0.3, -0.25) is 4.79 Å². The van der Waals surface area contributed by atoms with E-state index in [1.54, 1.807) is 18.4 Å². The van der Waals surface area contributed by atoms with Gasteiger partial charge in [-0.2, -0.15) is 0 Å². The second kappa shape index (κ2) is 8.79. The van der Waals surface area contributed by atoms with Crippen LogP contribution >= 0.6 is 0 Å². The molecule has 2 fully saturated rings. The molecule has 8 heteroatoms. The zero-order valence-electron chi connectivity index (χ0n) is 15.7. The number of likely N-dealkylation sites (N-methyl/N-ethyl adjacent to an activating group) is 1. The fourth-order valence-corrected chi connectivity index (χ4v) is 5.30. The van der Waals surface area contributed by atoms with E-state index in [4.69, 9.17) is 9.47 Å². The Morgan fingerprint density at radius 2 is 2.00 bits per heavy atom. The maximum absolute atomic E-state index is 12.2. The van der Waals surface area contributed by atoms with Crippen molar-refractivity contribution in [1.82, 2.24) is 9.21 Å². The molecule has 0 aliphatic carbocycles. The molecule has 7 nitrogen and oxygen atoms in total. The SMILES string of the molecule is CCCS(=O)(=O)N1CCC2(CC1)OCC[C@@H]2CCOCC(=O)N(C)C. The number of hydrogen-bond acceptors (Lipinski definition) is 5. The second-order valence-electron chi connectivity index (χ2n) is 7.24. The van der Waals surface area contributed by atoms with E-state index in [1.165, 1.54) is 4.90 Å². The number of ether oxygens (including phenoxy) is 2. The average Bonchev–Trinajstić information content (AvgIpc) is 2.93. The van der Waals surface area contributed by atoms with Crippen molar-refractivity contribution in [2.45, 2.75) is 44.6 Å². The van der Waals surface area contributed by atoms with Crippen molar-refractivity contribution < 1.29 is 22.7 Å². The van der Waals surface area contributed by atoms with Gasteiger partial charge in [-0.15, -0.1) is 0 Å². The molecule has 25 heavy (non-hydrogen) atoms. The van der Waals surface area contributed by atoms with Gasteiger partial charge < -0.3 is 14.4 Å². The highest BCUT2D eigenvalue weighted by Crippen LogP contribution is 2.42. The lowest BCUT2D eigenvalue weighted by molar-refractivity contribution is -0.133. The molecule has 1 atom stereocenters. The normalized spacial score (nSPS) is 23.9. The molecule has 0 aromatic carbocycles. The first-order chi connectivity index (χ1) is 11.8. The van der Waals surface area contributed by atoms with Gasteiger partial charge in [0.2, 0.25) is 15.9 Å². The summed E-state index contributed by atoms with van der Waals surface area (Å²) in [6, 6.07) is 0. The topological polar surface area (TPSA) is 76.1 Å². The van der Waals surface area contributed by atoms with Gasteiger partial charge in [-0.1, -0.05) is 6.92 Å². The van der Waals surface area contributed by atoms with Gasteiger partial charge in [0.1, 0.15) is 6.61 Å². The van der Waals surface area contributed by atoms with Crippen LogP contribution in [0.3, 0.4) is 0 Å². The van der Waals surface area contributed by atoms with E-state index in [0.717, 1.165) is 32.3 Å². The van der Waals surface area contributed by atoms with E-state index in [2.05, 4.69) is 0 Å². The number of carbonyl (C=O) groups is 1. The van der Waals surface area contributed by atoms with Gasteiger partial charge in [0, 0.05) is 40.4 Å². The Hall–Kier alpha value is -0.700. The number of piperidine rings is 1. The molecule has 0 aromatic heterocycles. The largest absolute Gasteiger partial charge is 0.375 e. The predicted molar refractivity (Wildman–Crippen MR) is 95.8 cm³/mol. The van der Waals surface area contributed by atoms with Crippen LogP contribution in [-0.4, -0.2) is 81.9 Å². The standard InChI is InChI=1S/C17H32N2O5S/c1-4-13-25(21,22)19-9-7-17(8-10-19)15(6-12-24-17)5-11-23-14-16(20)18(2)3/h15H,4-14H2,1-3H3/t15-/m0/s1. The third-order valence-corrected chi connectivity index (χ3v) is 7.44. The summed E-state index contributed by atoms with van der Waals surface area (Å²) in [6.45, 7) is 4.34. The molecule has 0 unspecified atom stereocenters. The molecule has 0 aromatic rings. The zero-order valence-corrected chi connectivity index (χ0v) is 16.5. The molecule has 2 rings (SSSR count). The summed E-state index contributed by atoms with van der Waals surface area (Å²) >= 11 is 0. The summed E-state index contributed by atoms with van der Waals surface area (Å²) in [5.41, 5.74) is -0.215. The van der Waals surface area contributed by atoms with Gasteiger partial charge in [-0.25, -0.2) is 12.7 Å². The van der Waals surface area contributed by atoms with Crippen LogP contribution in [0, 0.1) is 5.92 Å². The Morgan fingerprint density at radius 1 is 1.32 bits per heavy atom. The minimum atomic E-state index is -3.12. The number of nitrogens with zero attached hydrogens (tertiary/aromatic N) is 2. The predicted octanol–water partition coefficient (Wildman–Crippen LogP) is 1.09. The molecule has 1 amide bonds. The molecular weight excluding hydrogens is 344 g/mol. The van der Waals surface area contributed by atoms with E-state index in [0.29, 0.717) is 32.0 Å². The van der Waals surface area contributed by atoms with Crippen molar-refractivity contribution in [3.05, 3.63) is 0 Å². The molecule has 1 spiro atoms. The van der Waals surface area contributed by atoms with Crippen LogP contribution in [0.4, 0.5) is 0 Å². The van der Waals surface area contributed by atoms with Gasteiger partial charge in [0.15, 0.2) is 0 Å². The summed E-state index contributed by atoms with van der Waals surface area (Å²) in [4.78, 5) is 13.1. The van der Waals surface area contributed by atoms with E-state index in [-0.39, 0.29) is 23.9 Å². The molecule has 2 heterocycles. The van der Waals surface area contributed by atoms with Gasteiger partial charge >= 0.3 is 0 Å². The summed E-state index contributed by atoms with van der Waals surface area (Å²) in [5.74, 6) is 0.558.